The Hall–Kier alpha value is -2.71. The number of hydrogen-bond donors (Lipinski definition) is 0. The van der Waals surface area contributed by atoms with Crippen LogP contribution in [0.25, 0.3) is 0 Å². The summed E-state index contributed by atoms with van der Waals surface area (Å²) in [5.41, 5.74) is 3.28. The summed E-state index contributed by atoms with van der Waals surface area (Å²) in [5, 5.41) is 9.00. The lowest BCUT2D eigenvalue weighted by molar-refractivity contribution is 0.0760. The Morgan fingerprint density at radius 3 is 2.88 bits per heavy atom. The first-order valence-electron chi connectivity index (χ1n) is 8.87. The van der Waals surface area contributed by atoms with E-state index in [0.29, 0.717) is 23.6 Å². The second-order valence-corrected chi connectivity index (χ2v) is 7.09. The first kappa shape index (κ1) is 18.1. The minimum Gasteiger partial charge on any atom is -0.341 e. The molecule has 0 aliphatic carbocycles. The van der Waals surface area contributed by atoms with Gasteiger partial charge in [-0.05, 0) is 68.2 Å². The van der Waals surface area contributed by atoms with Gasteiger partial charge in [0.15, 0.2) is 0 Å². The Bertz CT molecular complexity index is 828. The summed E-state index contributed by atoms with van der Waals surface area (Å²) in [5.74, 6) is 0.378. The maximum absolute atomic E-state index is 12.9. The molecule has 0 bridgehead atoms. The topological polar surface area (TPSA) is 60.2 Å². The van der Waals surface area contributed by atoms with Crippen LogP contribution in [0.5, 0.6) is 0 Å². The molecule has 5 nitrogen and oxygen atoms in total. The number of hydrogen-bond acceptors (Lipinski definition) is 4. The summed E-state index contributed by atoms with van der Waals surface area (Å²) in [6, 6.07) is 11.7. The number of rotatable bonds is 4. The molecule has 1 aliphatic heterocycles. The highest BCUT2D eigenvalue weighted by Gasteiger charge is 2.34. The van der Waals surface area contributed by atoms with E-state index in [-0.39, 0.29) is 11.9 Å². The lowest BCUT2D eigenvalue weighted by atomic mass is 9.94. The molecule has 5 heteroatoms. The van der Waals surface area contributed by atoms with E-state index in [4.69, 9.17) is 5.26 Å². The largest absolute Gasteiger partial charge is 0.341 e. The van der Waals surface area contributed by atoms with Gasteiger partial charge in [0.05, 0.1) is 11.6 Å². The number of carbonyl (C=O) groups excluding carboxylic acids is 1. The summed E-state index contributed by atoms with van der Waals surface area (Å²) in [6.07, 6.45) is 4.77. The summed E-state index contributed by atoms with van der Waals surface area (Å²) in [7, 11) is 3.99. The second kappa shape index (κ2) is 7.67. The smallest absolute Gasteiger partial charge is 0.253 e. The van der Waals surface area contributed by atoms with Crippen LogP contribution in [0, 0.1) is 24.2 Å². The zero-order valence-corrected chi connectivity index (χ0v) is 15.5. The van der Waals surface area contributed by atoms with E-state index in [1.54, 1.807) is 24.4 Å². The minimum atomic E-state index is 0.00600. The van der Waals surface area contributed by atoms with Gasteiger partial charge < -0.3 is 4.90 Å². The second-order valence-electron chi connectivity index (χ2n) is 7.09. The highest BCUT2D eigenvalue weighted by Crippen LogP contribution is 2.36. The quantitative estimate of drug-likeness (QED) is 0.852. The molecule has 2 aromatic rings. The van der Waals surface area contributed by atoms with Gasteiger partial charge in [0.1, 0.15) is 0 Å². The van der Waals surface area contributed by atoms with E-state index < -0.39 is 0 Å². The standard InChI is InChI=1S/C21H24N4O/c1-15-11-16(12-22)6-7-19(15)21(26)25(3)14-18-8-10-24(2)20(18)17-5-4-9-23-13-17/h4-7,9,11,13,18,20H,8,10,14H2,1-3H3/t18-,20-/m0/s1. The Kier molecular flexibility index (Phi) is 5.34. The zero-order valence-electron chi connectivity index (χ0n) is 15.5. The van der Waals surface area contributed by atoms with Crippen molar-refractivity contribution < 1.29 is 4.79 Å². The minimum absolute atomic E-state index is 0.00600. The summed E-state index contributed by atoms with van der Waals surface area (Å²) in [4.78, 5) is 21.3. The highest BCUT2D eigenvalue weighted by atomic mass is 16.2. The number of amides is 1. The van der Waals surface area contributed by atoms with Gasteiger partial charge in [0, 0.05) is 37.6 Å². The summed E-state index contributed by atoms with van der Waals surface area (Å²) in [6.45, 7) is 3.59. The van der Waals surface area contributed by atoms with Crippen LogP contribution in [0.1, 0.15) is 39.5 Å². The van der Waals surface area contributed by atoms with Crippen LogP contribution in [0.15, 0.2) is 42.7 Å². The molecule has 2 atom stereocenters. The van der Waals surface area contributed by atoms with Crippen LogP contribution >= 0.6 is 0 Å². The van der Waals surface area contributed by atoms with Crippen molar-refractivity contribution in [3.05, 3.63) is 65.0 Å². The van der Waals surface area contributed by atoms with Crippen molar-refractivity contribution in [1.29, 1.82) is 5.26 Å². The molecular weight excluding hydrogens is 324 g/mol. The van der Waals surface area contributed by atoms with E-state index in [1.165, 1.54) is 5.56 Å². The van der Waals surface area contributed by atoms with Gasteiger partial charge in [-0.25, -0.2) is 0 Å². The van der Waals surface area contributed by atoms with E-state index in [9.17, 15) is 4.79 Å². The predicted molar refractivity (Wildman–Crippen MR) is 101 cm³/mol. The number of nitrogens with zero attached hydrogens (tertiary/aromatic N) is 4. The number of aromatic nitrogens is 1. The molecule has 0 N–H and O–H groups in total. The van der Waals surface area contributed by atoms with Crippen LogP contribution in [0.4, 0.5) is 0 Å². The van der Waals surface area contributed by atoms with Crippen LogP contribution in [-0.4, -0.2) is 47.9 Å². The van der Waals surface area contributed by atoms with Gasteiger partial charge in [0.2, 0.25) is 0 Å². The number of nitriles is 1. The normalized spacial score (nSPS) is 19.9. The Balaban J connectivity index is 1.75. The first-order valence-corrected chi connectivity index (χ1v) is 8.87. The molecule has 0 saturated carbocycles. The van der Waals surface area contributed by atoms with Gasteiger partial charge in [-0.15, -0.1) is 0 Å². The predicted octanol–water partition coefficient (Wildman–Crippen LogP) is 3.03. The number of aryl methyl sites for hydroxylation is 1. The Morgan fingerprint density at radius 2 is 2.23 bits per heavy atom. The van der Waals surface area contributed by atoms with Crippen molar-refractivity contribution in [2.75, 3.05) is 27.2 Å². The molecule has 0 radical (unpaired) electrons. The molecule has 0 unspecified atom stereocenters. The van der Waals surface area contributed by atoms with Crippen molar-refractivity contribution in [2.24, 2.45) is 5.92 Å². The lowest BCUT2D eigenvalue weighted by Crippen LogP contribution is -2.34. The van der Waals surface area contributed by atoms with Crippen LogP contribution < -0.4 is 0 Å². The third kappa shape index (κ3) is 3.61. The van der Waals surface area contributed by atoms with Crippen molar-refractivity contribution in [2.45, 2.75) is 19.4 Å². The first-order chi connectivity index (χ1) is 12.5. The fraction of sp³-hybridized carbons (Fsp3) is 0.381. The maximum Gasteiger partial charge on any atom is 0.253 e. The molecule has 0 spiro atoms. The van der Waals surface area contributed by atoms with Gasteiger partial charge in [-0.2, -0.15) is 5.26 Å². The van der Waals surface area contributed by atoms with Crippen molar-refractivity contribution in [1.82, 2.24) is 14.8 Å². The fourth-order valence-electron chi connectivity index (χ4n) is 3.91. The van der Waals surface area contributed by atoms with Gasteiger partial charge in [-0.3, -0.25) is 14.7 Å². The van der Waals surface area contributed by atoms with Crippen molar-refractivity contribution in [3.63, 3.8) is 0 Å². The number of carbonyl (C=O) groups is 1. The summed E-state index contributed by atoms with van der Waals surface area (Å²) < 4.78 is 0. The molecule has 26 heavy (non-hydrogen) atoms. The molecule has 3 rings (SSSR count). The number of likely N-dealkylation sites (tertiary alicyclic amines) is 1. The molecule has 1 aromatic carbocycles. The third-order valence-electron chi connectivity index (χ3n) is 5.24. The summed E-state index contributed by atoms with van der Waals surface area (Å²) >= 11 is 0. The third-order valence-corrected chi connectivity index (χ3v) is 5.24. The lowest BCUT2D eigenvalue weighted by Gasteiger charge is -2.29. The monoisotopic (exact) mass is 348 g/mol. The Morgan fingerprint density at radius 1 is 1.42 bits per heavy atom. The molecule has 1 fully saturated rings. The fourth-order valence-corrected chi connectivity index (χ4v) is 3.91. The number of benzene rings is 1. The zero-order chi connectivity index (χ0) is 18.7. The van der Waals surface area contributed by atoms with Gasteiger partial charge in [0.25, 0.3) is 5.91 Å². The molecule has 134 valence electrons. The van der Waals surface area contributed by atoms with Crippen LogP contribution in [0.2, 0.25) is 0 Å². The van der Waals surface area contributed by atoms with Crippen LogP contribution in [-0.2, 0) is 0 Å². The van der Waals surface area contributed by atoms with Crippen LogP contribution in [0.3, 0.4) is 0 Å². The average Bonchev–Trinajstić information content (AvgIpc) is 3.01. The van der Waals surface area contributed by atoms with E-state index in [1.807, 2.05) is 31.1 Å². The van der Waals surface area contributed by atoms with Crippen molar-refractivity contribution in [3.8, 4) is 6.07 Å². The molecule has 1 amide bonds. The van der Waals surface area contributed by atoms with Gasteiger partial charge in [-0.1, -0.05) is 6.07 Å². The molecule has 1 aromatic heterocycles. The van der Waals surface area contributed by atoms with E-state index in [0.717, 1.165) is 18.5 Å². The molecule has 1 aliphatic rings. The Labute approximate surface area is 154 Å². The maximum atomic E-state index is 12.9. The number of pyridine rings is 1. The molecular formula is C21H24N4O. The molecule has 1 saturated heterocycles. The SMILES string of the molecule is Cc1cc(C#N)ccc1C(=O)N(C)C[C@@H]1CCN(C)[C@H]1c1cccnc1. The highest BCUT2D eigenvalue weighted by molar-refractivity contribution is 5.95. The molecule has 2 heterocycles. The van der Waals surface area contributed by atoms with Crippen molar-refractivity contribution >= 4 is 5.91 Å². The van der Waals surface area contributed by atoms with E-state index in [2.05, 4.69) is 29.1 Å². The van der Waals surface area contributed by atoms with Gasteiger partial charge >= 0.3 is 0 Å². The van der Waals surface area contributed by atoms with E-state index >= 15 is 0 Å². The average molecular weight is 348 g/mol.